The maximum atomic E-state index is 13.3. The van der Waals surface area contributed by atoms with Crippen molar-refractivity contribution in [1.29, 1.82) is 0 Å². The number of sulfone groups is 1. The number of aliphatic carboxylic acids is 1. The largest absolute Gasteiger partial charge is 0.497 e. The van der Waals surface area contributed by atoms with Crippen molar-refractivity contribution in [2.45, 2.75) is 29.2 Å². The number of carboxylic acid groups (broad SMARTS) is 1. The van der Waals surface area contributed by atoms with Gasteiger partial charge in [0.1, 0.15) is 5.75 Å². The maximum absolute atomic E-state index is 13.3. The molecule has 0 saturated carbocycles. The van der Waals surface area contributed by atoms with E-state index in [0.29, 0.717) is 30.5 Å². The van der Waals surface area contributed by atoms with E-state index in [0.717, 1.165) is 24.0 Å². The molecular formula is C24H25NO5S. The summed E-state index contributed by atoms with van der Waals surface area (Å²) in [5.41, 5.74) is 1.04. The molecule has 1 heterocycles. The van der Waals surface area contributed by atoms with Crippen LogP contribution in [0.1, 0.15) is 18.4 Å². The van der Waals surface area contributed by atoms with Crippen molar-refractivity contribution in [2.75, 3.05) is 20.2 Å². The molecule has 0 bridgehead atoms. The molecule has 162 valence electrons. The van der Waals surface area contributed by atoms with Gasteiger partial charge in [-0.3, -0.25) is 9.69 Å². The number of ether oxygens (including phenoxy) is 1. The van der Waals surface area contributed by atoms with Crippen LogP contribution in [0.3, 0.4) is 0 Å². The van der Waals surface area contributed by atoms with Gasteiger partial charge >= 0.3 is 5.97 Å². The molecule has 1 saturated heterocycles. The number of rotatable bonds is 6. The first-order valence-corrected chi connectivity index (χ1v) is 11.7. The third-order valence-electron chi connectivity index (χ3n) is 5.96. The van der Waals surface area contributed by atoms with Gasteiger partial charge < -0.3 is 9.84 Å². The standard InChI is InChI=1S/C24H25NO5S/c1-30-19-7-9-20(10-8-19)31(28,29)23-11-6-18(21-4-2-3-5-22(21)23)16-25-14-12-17(13-15-25)24(26)27/h2-11,17H,12-16H2,1H3,(H,26,27). The summed E-state index contributed by atoms with van der Waals surface area (Å²) in [6, 6.07) is 17.5. The molecule has 0 spiro atoms. The second kappa shape index (κ2) is 8.69. The summed E-state index contributed by atoms with van der Waals surface area (Å²) >= 11 is 0. The van der Waals surface area contributed by atoms with Gasteiger partial charge in [-0.25, -0.2) is 8.42 Å². The third-order valence-corrected chi connectivity index (χ3v) is 7.79. The highest BCUT2D eigenvalue weighted by Gasteiger charge is 2.26. The van der Waals surface area contributed by atoms with Crippen molar-refractivity contribution in [3.63, 3.8) is 0 Å². The number of likely N-dealkylation sites (tertiary alicyclic amines) is 1. The first-order valence-electron chi connectivity index (χ1n) is 10.2. The Kier molecular flexibility index (Phi) is 5.98. The summed E-state index contributed by atoms with van der Waals surface area (Å²) in [6.07, 6.45) is 1.27. The second-order valence-electron chi connectivity index (χ2n) is 7.84. The summed E-state index contributed by atoms with van der Waals surface area (Å²) in [5.74, 6) is -0.394. The van der Waals surface area contributed by atoms with E-state index in [1.165, 1.54) is 0 Å². The van der Waals surface area contributed by atoms with E-state index in [9.17, 15) is 18.3 Å². The van der Waals surface area contributed by atoms with Crippen LogP contribution < -0.4 is 4.74 Å². The molecule has 31 heavy (non-hydrogen) atoms. The van der Waals surface area contributed by atoms with Gasteiger partial charge in [-0.15, -0.1) is 0 Å². The molecule has 0 atom stereocenters. The highest BCUT2D eigenvalue weighted by molar-refractivity contribution is 7.91. The van der Waals surface area contributed by atoms with Gasteiger partial charge in [0.15, 0.2) is 0 Å². The van der Waals surface area contributed by atoms with Crippen molar-refractivity contribution in [2.24, 2.45) is 5.92 Å². The van der Waals surface area contributed by atoms with Crippen LogP contribution in [0.15, 0.2) is 70.5 Å². The van der Waals surface area contributed by atoms with Crippen LogP contribution >= 0.6 is 0 Å². The number of piperidine rings is 1. The molecular weight excluding hydrogens is 414 g/mol. The second-order valence-corrected chi connectivity index (χ2v) is 9.75. The third kappa shape index (κ3) is 4.29. The Morgan fingerprint density at radius 2 is 1.65 bits per heavy atom. The van der Waals surface area contributed by atoms with E-state index in [4.69, 9.17) is 4.74 Å². The maximum Gasteiger partial charge on any atom is 0.306 e. The fraction of sp³-hybridized carbons (Fsp3) is 0.292. The molecule has 6 nitrogen and oxygen atoms in total. The topological polar surface area (TPSA) is 83.9 Å². The average molecular weight is 440 g/mol. The first kappa shape index (κ1) is 21.3. The predicted molar refractivity (Wildman–Crippen MR) is 118 cm³/mol. The Hall–Kier alpha value is -2.90. The number of carbonyl (C=O) groups is 1. The minimum absolute atomic E-state index is 0.224. The van der Waals surface area contributed by atoms with Crippen molar-refractivity contribution < 1.29 is 23.1 Å². The fourth-order valence-corrected chi connectivity index (χ4v) is 5.63. The number of hydrogen-bond acceptors (Lipinski definition) is 5. The minimum Gasteiger partial charge on any atom is -0.497 e. The van der Waals surface area contributed by atoms with E-state index in [2.05, 4.69) is 4.90 Å². The van der Waals surface area contributed by atoms with E-state index in [-0.39, 0.29) is 15.7 Å². The lowest BCUT2D eigenvalue weighted by Gasteiger charge is -2.30. The van der Waals surface area contributed by atoms with Gasteiger partial charge in [-0.2, -0.15) is 0 Å². The molecule has 7 heteroatoms. The summed E-state index contributed by atoms with van der Waals surface area (Å²) < 4.78 is 31.8. The Morgan fingerprint density at radius 3 is 2.26 bits per heavy atom. The Balaban J connectivity index is 1.66. The number of carboxylic acids is 1. The van der Waals surface area contributed by atoms with E-state index < -0.39 is 15.8 Å². The van der Waals surface area contributed by atoms with Crippen LogP contribution in [0, 0.1) is 5.92 Å². The summed E-state index contributed by atoms with van der Waals surface area (Å²) in [6.45, 7) is 2.10. The lowest BCUT2D eigenvalue weighted by molar-refractivity contribution is -0.143. The zero-order chi connectivity index (χ0) is 22.0. The molecule has 0 unspecified atom stereocenters. The van der Waals surface area contributed by atoms with Crippen LogP contribution in [0.25, 0.3) is 10.8 Å². The van der Waals surface area contributed by atoms with Crippen LogP contribution in [0.2, 0.25) is 0 Å². The zero-order valence-electron chi connectivity index (χ0n) is 17.3. The summed E-state index contributed by atoms with van der Waals surface area (Å²) in [5, 5.41) is 10.8. The molecule has 0 aliphatic carbocycles. The molecule has 0 radical (unpaired) electrons. The highest BCUT2D eigenvalue weighted by atomic mass is 32.2. The van der Waals surface area contributed by atoms with Crippen molar-refractivity contribution in [3.05, 3.63) is 66.2 Å². The summed E-state index contributed by atoms with van der Waals surface area (Å²) in [4.78, 5) is 13.9. The predicted octanol–water partition coefficient (Wildman–Crippen LogP) is 3.98. The Labute approximate surface area is 182 Å². The Bertz CT molecular complexity index is 1200. The molecule has 0 amide bonds. The lowest BCUT2D eigenvalue weighted by Crippen LogP contribution is -2.35. The van der Waals surface area contributed by atoms with Gasteiger partial charge in [-0.05, 0) is 67.2 Å². The number of nitrogens with zero attached hydrogens (tertiary/aromatic N) is 1. The van der Waals surface area contributed by atoms with Crippen LogP contribution in [-0.2, 0) is 21.2 Å². The van der Waals surface area contributed by atoms with E-state index >= 15 is 0 Å². The molecule has 4 rings (SSSR count). The van der Waals surface area contributed by atoms with Gasteiger partial charge in [0.05, 0.1) is 22.8 Å². The zero-order valence-corrected chi connectivity index (χ0v) is 18.1. The van der Waals surface area contributed by atoms with Crippen LogP contribution in [0.4, 0.5) is 0 Å². The van der Waals surface area contributed by atoms with Crippen molar-refractivity contribution >= 4 is 26.6 Å². The Morgan fingerprint density at radius 1 is 1.00 bits per heavy atom. The molecule has 1 N–H and O–H groups in total. The molecule has 3 aromatic carbocycles. The van der Waals surface area contributed by atoms with Gasteiger partial charge in [0, 0.05) is 11.9 Å². The minimum atomic E-state index is -3.69. The fourth-order valence-electron chi connectivity index (χ4n) is 4.17. The van der Waals surface area contributed by atoms with Crippen molar-refractivity contribution in [1.82, 2.24) is 4.90 Å². The van der Waals surface area contributed by atoms with Crippen molar-refractivity contribution in [3.8, 4) is 5.75 Å². The van der Waals surface area contributed by atoms with E-state index in [1.807, 2.05) is 30.3 Å². The number of hydrogen-bond donors (Lipinski definition) is 1. The van der Waals surface area contributed by atoms with Gasteiger partial charge in [-0.1, -0.05) is 30.3 Å². The molecule has 3 aromatic rings. The van der Waals surface area contributed by atoms with Crippen LogP contribution in [-0.4, -0.2) is 44.6 Å². The highest BCUT2D eigenvalue weighted by Crippen LogP contribution is 2.32. The smallest absolute Gasteiger partial charge is 0.306 e. The van der Waals surface area contributed by atoms with E-state index in [1.54, 1.807) is 37.4 Å². The first-order chi connectivity index (χ1) is 14.9. The molecule has 0 aromatic heterocycles. The monoisotopic (exact) mass is 439 g/mol. The van der Waals surface area contributed by atoms with Crippen LogP contribution in [0.5, 0.6) is 5.75 Å². The number of fused-ring (bicyclic) bond motifs is 1. The normalized spacial score (nSPS) is 15.8. The number of benzene rings is 3. The lowest BCUT2D eigenvalue weighted by atomic mass is 9.96. The van der Waals surface area contributed by atoms with Gasteiger partial charge in [0.2, 0.25) is 9.84 Å². The summed E-state index contributed by atoms with van der Waals surface area (Å²) in [7, 11) is -2.15. The average Bonchev–Trinajstić information content (AvgIpc) is 2.79. The quantitative estimate of drug-likeness (QED) is 0.626. The van der Waals surface area contributed by atoms with Gasteiger partial charge in [0.25, 0.3) is 0 Å². The SMILES string of the molecule is COc1ccc(S(=O)(=O)c2ccc(CN3CCC(C(=O)O)CC3)c3ccccc23)cc1. The number of methoxy groups -OCH3 is 1. The molecule has 1 aliphatic heterocycles. The molecule has 1 aliphatic rings. The molecule has 1 fully saturated rings.